The van der Waals surface area contributed by atoms with Crippen molar-refractivity contribution in [2.24, 2.45) is 11.0 Å². The van der Waals surface area contributed by atoms with E-state index in [0.717, 1.165) is 18.4 Å². The van der Waals surface area contributed by atoms with E-state index < -0.39 is 0 Å². The summed E-state index contributed by atoms with van der Waals surface area (Å²) in [6, 6.07) is 0.466. The van der Waals surface area contributed by atoms with E-state index in [9.17, 15) is 0 Å². The van der Waals surface area contributed by atoms with E-state index in [1.165, 1.54) is 12.8 Å². The molecule has 2 rings (SSSR count). The molecule has 1 aliphatic heterocycles. The van der Waals surface area contributed by atoms with Crippen LogP contribution in [0, 0.1) is 5.92 Å². The third-order valence-corrected chi connectivity index (χ3v) is 3.04. The molecule has 78 valence electrons. The molecule has 1 saturated carbocycles. The first-order valence-corrected chi connectivity index (χ1v) is 5.38. The molecule has 0 amide bonds. The summed E-state index contributed by atoms with van der Waals surface area (Å²) in [7, 11) is 2.09. The van der Waals surface area contributed by atoms with Crippen LogP contribution in [-0.4, -0.2) is 30.2 Å². The van der Waals surface area contributed by atoms with E-state index >= 15 is 0 Å². The van der Waals surface area contributed by atoms with Crippen molar-refractivity contribution in [2.75, 3.05) is 13.7 Å². The molecule has 0 radical (unpaired) electrons. The van der Waals surface area contributed by atoms with E-state index in [2.05, 4.69) is 32.2 Å². The van der Waals surface area contributed by atoms with Crippen LogP contribution < -0.4 is 0 Å². The van der Waals surface area contributed by atoms with Crippen molar-refractivity contribution in [1.29, 1.82) is 0 Å². The van der Waals surface area contributed by atoms with Gasteiger partial charge in [-0.1, -0.05) is 0 Å². The third kappa shape index (κ3) is 1.98. The van der Waals surface area contributed by atoms with Crippen LogP contribution >= 0.6 is 0 Å². The molecule has 0 aromatic heterocycles. The zero-order chi connectivity index (χ0) is 10.2. The third-order valence-electron chi connectivity index (χ3n) is 3.04. The molecule has 2 aliphatic rings. The summed E-state index contributed by atoms with van der Waals surface area (Å²) in [5.74, 6) is 1.60. The molecule has 1 heterocycles. The van der Waals surface area contributed by atoms with E-state index in [1.54, 1.807) is 0 Å². The van der Waals surface area contributed by atoms with Crippen molar-refractivity contribution in [3.63, 3.8) is 0 Å². The van der Waals surface area contributed by atoms with Crippen LogP contribution in [0.2, 0.25) is 0 Å². The summed E-state index contributed by atoms with van der Waals surface area (Å²) >= 11 is 0. The Labute approximate surface area is 85.6 Å². The highest BCUT2D eigenvalue weighted by molar-refractivity contribution is 5.87. The maximum Gasteiger partial charge on any atom is 0.272 e. The lowest BCUT2D eigenvalue weighted by Crippen LogP contribution is -2.37. The molecule has 1 aliphatic carbocycles. The van der Waals surface area contributed by atoms with Gasteiger partial charge in [-0.15, -0.1) is 0 Å². The van der Waals surface area contributed by atoms with Crippen LogP contribution in [0.4, 0.5) is 0 Å². The molecule has 3 nitrogen and oxygen atoms in total. The van der Waals surface area contributed by atoms with Gasteiger partial charge in [-0.3, -0.25) is 0 Å². The number of hydrogen-bond donors (Lipinski definition) is 0. The van der Waals surface area contributed by atoms with Crippen molar-refractivity contribution in [2.45, 2.75) is 32.7 Å². The smallest absolute Gasteiger partial charge is 0.272 e. The molecular weight excluding hydrogens is 176 g/mol. The minimum atomic E-state index is 0.466. The molecule has 14 heavy (non-hydrogen) atoms. The van der Waals surface area contributed by atoms with Crippen molar-refractivity contribution in [3.05, 3.63) is 12.3 Å². The molecule has 0 saturated heterocycles. The minimum absolute atomic E-state index is 0.466. The van der Waals surface area contributed by atoms with Gasteiger partial charge in [-0.05, 0) is 37.7 Å². The lowest BCUT2D eigenvalue weighted by molar-refractivity contribution is -0.885. The van der Waals surface area contributed by atoms with Crippen molar-refractivity contribution >= 4 is 5.90 Å². The van der Waals surface area contributed by atoms with E-state index in [4.69, 9.17) is 4.74 Å². The number of quaternary nitrogens is 1. The Morgan fingerprint density at radius 2 is 2.29 bits per heavy atom. The van der Waals surface area contributed by atoms with E-state index in [1.807, 2.05) is 6.08 Å². The Kier molecular flexibility index (Phi) is 2.35. The summed E-state index contributed by atoms with van der Waals surface area (Å²) in [5, 5.41) is 4.54. The number of ether oxygens (including phenoxy) is 1. The molecule has 0 spiro atoms. The number of rotatable bonds is 3. The first-order chi connectivity index (χ1) is 6.60. The quantitative estimate of drug-likeness (QED) is 0.632. The fraction of sp³-hybridized carbons (Fsp3) is 0.727. The number of nitrogens with zero attached hydrogens (tertiary/aromatic N) is 2. The predicted octanol–water partition coefficient (Wildman–Crippen LogP) is 2.11. The zero-order valence-corrected chi connectivity index (χ0v) is 9.23. The molecule has 0 aromatic rings. The summed E-state index contributed by atoms with van der Waals surface area (Å²) in [5.41, 5.74) is 0. The monoisotopic (exact) mass is 195 g/mol. The van der Waals surface area contributed by atoms with Gasteiger partial charge in [0.05, 0.1) is 19.7 Å². The average Bonchev–Trinajstić information content (AvgIpc) is 2.87. The van der Waals surface area contributed by atoms with Gasteiger partial charge in [0.1, 0.15) is 12.2 Å². The van der Waals surface area contributed by atoms with Crippen LogP contribution in [0.5, 0.6) is 0 Å². The Morgan fingerprint density at radius 3 is 2.79 bits per heavy atom. The second-order valence-corrected chi connectivity index (χ2v) is 4.70. The fourth-order valence-electron chi connectivity index (χ4n) is 1.35. The largest absolute Gasteiger partial charge is 0.474 e. The highest BCUT2D eigenvalue weighted by Crippen LogP contribution is 2.29. The van der Waals surface area contributed by atoms with Crippen LogP contribution in [-0.2, 0) is 4.74 Å². The Bertz CT molecular complexity index is 279. The van der Waals surface area contributed by atoms with Crippen LogP contribution in [0.1, 0.15) is 26.7 Å². The lowest BCUT2D eigenvalue weighted by atomic mass is 10.3. The SMILES string of the molecule is CC(C)[N+]1(C)C=CC(OCC2CC2)=N1. The van der Waals surface area contributed by atoms with Crippen molar-refractivity contribution in [3.8, 4) is 0 Å². The van der Waals surface area contributed by atoms with Crippen LogP contribution in [0.15, 0.2) is 17.4 Å². The highest BCUT2D eigenvalue weighted by atomic mass is 16.5. The second-order valence-electron chi connectivity index (χ2n) is 4.70. The van der Waals surface area contributed by atoms with Gasteiger partial charge in [0.2, 0.25) is 0 Å². The summed E-state index contributed by atoms with van der Waals surface area (Å²) in [4.78, 5) is 0. The topological polar surface area (TPSA) is 21.6 Å². The van der Waals surface area contributed by atoms with Gasteiger partial charge < -0.3 is 4.74 Å². The number of hydrogen-bond acceptors (Lipinski definition) is 2. The molecule has 0 N–H and O–H groups in total. The summed E-state index contributed by atoms with van der Waals surface area (Å²) in [6.07, 6.45) is 6.73. The van der Waals surface area contributed by atoms with E-state index in [0.29, 0.717) is 10.6 Å². The van der Waals surface area contributed by atoms with Gasteiger partial charge in [0, 0.05) is 0 Å². The van der Waals surface area contributed by atoms with Gasteiger partial charge in [-0.25, -0.2) is 0 Å². The van der Waals surface area contributed by atoms with Crippen LogP contribution in [0.25, 0.3) is 0 Å². The molecule has 1 fully saturated rings. The molecule has 1 unspecified atom stereocenters. The maximum atomic E-state index is 5.62. The van der Waals surface area contributed by atoms with Gasteiger partial charge >= 0.3 is 0 Å². The van der Waals surface area contributed by atoms with Crippen molar-refractivity contribution in [1.82, 2.24) is 0 Å². The highest BCUT2D eigenvalue weighted by Gasteiger charge is 2.30. The standard InChI is InChI=1S/C11H19N2O/c1-9(2)13(3)7-6-11(12-13)14-8-10-4-5-10/h6-7,9-10H,4-5,8H2,1-3H3/q+1. The Morgan fingerprint density at radius 1 is 1.57 bits per heavy atom. The first-order valence-electron chi connectivity index (χ1n) is 5.38. The Balaban J connectivity index is 1.91. The van der Waals surface area contributed by atoms with E-state index in [-0.39, 0.29) is 0 Å². The minimum Gasteiger partial charge on any atom is -0.474 e. The van der Waals surface area contributed by atoms with Gasteiger partial charge in [-0.2, -0.15) is 4.59 Å². The first kappa shape index (κ1) is 9.71. The Hall–Kier alpha value is -0.830. The van der Waals surface area contributed by atoms with Gasteiger partial charge in [0.15, 0.2) is 0 Å². The summed E-state index contributed by atoms with van der Waals surface area (Å²) in [6.45, 7) is 5.18. The normalized spacial score (nSPS) is 31.0. The maximum absolute atomic E-state index is 5.62. The molecule has 1 atom stereocenters. The van der Waals surface area contributed by atoms with Crippen LogP contribution in [0.3, 0.4) is 0 Å². The fourth-order valence-corrected chi connectivity index (χ4v) is 1.35. The lowest BCUT2D eigenvalue weighted by Gasteiger charge is -2.24. The second kappa shape index (κ2) is 3.39. The average molecular weight is 195 g/mol. The van der Waals surface area contributed by atoms with Crippen molar-refractivity contribution < 1.29 is 9.33 Å². The predicted molar refractivity (Wildman–Crippen MR) is 56.6 cm³/mol. The van der Waals surface area contributed by atoms with Gasteiger partial charge in [0.25, 0.3) is 5.90 Å². The molecule has 3 heteroatoms. The molecule has 0 aromatic carbocycles. The molecular formula is C11H19N2O+. The molecule has 0 bridgehead atoms. The summed E-state index contributed by atoms with van der Waals surface area (Å²) < 4.78 is 6.23. The zero-order valence-electron chi connectivity index (χ0n) is 9.23.